The van der Waals surface area contributed by atoms with Crippen molar-refractivity contribution in [1.82, 2.24) is 4.90 Å². The molecule has 1 unspecified atom stereocenters. The molecule has 0 radical (unpaired) electrons. The fourth-order valence-corrected chi connectivity index (χ4v) is 1.97. The molecule has 2 rings (SSSR count). The molecule has 3 heteroatoms. The van der Waals surface area contributed by atoms with Gasteiger partial charge in [0.15, 0.2) is 6.23 Å². The van der Waals surface area contributed by atoms with Crippen LogP contribution < -0.4 is 0 Å². The second-order valence-corrected chi connectivity index (χ2v) is 4.41. The normalized spacial score (nSPS) is 19.9. The Kier molecular flexibility index (Phi) is 4.53. The maximum Gasteiger partial charge on any atom is 0.250 e. The second-order valence-electron chi connectivity index (χ2n) is 4.41. The van der Waals surface area contributed by atoms with E-state index in [2.05, 4.69) is 6.92 Å². The lowest BCUT2D eigenvalue weighted by atomic mass is 10.2. The summed E-state index contributed by atoms with van der Waals surface area (Å²) in [6.07, 6.45) is 5.85. The molecule has 0 spiro atoms. The number of nitrogens with zero attached hydrogens (tertiary/aromatic N) is 1. The third-order valence-electron chi connectivity index (χ3n) is 3.01. The van der Waals surface area contributed by atoms with E-state index in [-0.39, 0.29) is 18.7 Å². The van der Waals surface area contributed by atoms with Crippen molar-refractivity contribution >= 4 is 12.0 Å². The van der Waals surface area contributed by atoms with Gasteiger partial charge >= 0.3 is 0 Å². The monoisotopic (exact) mass is 245 g/mol. The quantitative estimate of drug-likeness (QED) is 0.798. The number of rotatable bonds is 5. The van der Waals surface area contributed by atoms with Crippen LogP contribution in [0.15, 0.2) is 36.4 Å². The minimum absolute atomic E-state index is 0.0890. The summed E-state index contributed by atoms with van der Waals surface area (Å²) < 4.78 is 5.49. The van der Waals surface area contributed by atoms with Gasteiger partial charge in [0.25, 0.3) is 5.91 Å². The molecule has 0 bridgehead atoms. The van der Waals surface area contributed by atoms with Crippen molar-refractivity contribution in [3.63, 3.8) is 0 Å². The van der Waals surface area contributed by atoms with Crippen LogP contribution in [0.2, 0.25) is 0 Å². The van der Waals surface area contributed by atoms with Gasteiger partial charge in [-0.05, 0) is 18.1 Å². The summed E-state index contributed by atoms with van der Waals surface area (Å²) in [5, 5.41) is 0. The molecule has 1 heterocycles. The summed E-state index contributed by atoms with van der Waals surface area (Å²) >= 11 is 0. The molecule has 1 aliphatic heterocycles. The van der Waals surface area contributed by atoms with Crippen LogP contribution in [0, 0.1) is 0 Å². The molecule has 0 aromatic heterocycles. The molecule has 1 aromatic carbocycles. The molecular formula is C15H19NO2. The lowest BCUT2D eigenvalue weighted by Gasteiger charge is -2.20. The van der Waals surface area contributed by atoms with E-state index in [1.54, 1.807) is 0 Å². The van der Waals surface area contributed by atoms with Gasteiger partial charge in [-0.2, -0.15) is 0 Å². The first-order valence-corrected chi connectivity index (χ1v) is 6.45. The number of unbranched alkanes of at least 4 members (excludes halogenated alkanes) is 1. The van der Waals surface area contributed by atoms with Crippen LogP contribution in [0.1, 0.15) is 25.3 Å². The predicted molar refractivity (Wildman–Crippen MR) is 71.8 cm³/mol. The van der Waals surface area contributed by atoms with Crippen LogP contribution in [0.3, 0.4) is 0 Å². The third kappa shape index (κ3) is 3.20. The molecular weight excluding hydrogens is 226 g/mol. The molecule has 1 fully saturated rings. The van der Waals surface area contributed by atoms with Crippen LogP contribution >= 0.6 is 0 Å². The van der Waals surface area contributed by atoms with Crippen LogP contribution in [0.25, 0.3) is 6.08 Å². The first-order chi connectivity index (χ1) is 8.81. The van der Waals surface area contributed by atoms with Gasteiger partial charge in [-0.3, -0.25) is 4.79 Å². The van der Waals surface area contributed by atoms with Crippen LogP contribution in [0.4, 0.5) is 0 Å². The minimum atomic E-state index is -0.204. The smallest absolute Gasteiger partial charge is 0.250 e. The van der Waals surface area contributed by atoms with Crippen molar-refractivity contribution in [3.8, 4) is 0 Å². The number of hydrogen-bond donors (Lipinski definition) is 0. The molecule has 1 saturated heterocycles. The van der Waals surface area contributed by atoms with Crippen molar-refractivity contribution in [1.29, 1.82) is 0 Å². The molecule has 0 N–H and O–H groups in total. The van der Waals surface area contributed by atoms with Gasteiger partial charge in [0, 0.05) is 6.54 Å². The van der Waals surface area contributed by atoms with E-state index in [0.717, 1.165) is 24.9 Å². The fraction of sp³-hybridized carbons (Fsp3) is 0.400. The Labute approximate surface area is 108 Å². The van der Waals surface area contributed by atoms with Crippen LogP contribution in [-0.2, 0) is 9.53 Å². The zero-order chi connectivity index (χ0) is 12.8. The van der Waals surface area contributed by atoms with E-state index in [1.807, 2.05) is 47.4 Å². The summed E-state index contributed by atoms with van der Waals surface area (Å²) in [6, 6.07) is 10.0. The van der Waals surface area contributed by atoms with Crippen LogP contribution in [-0.4, -0.2) is 30.2 Å². The Hall–Kier alpha value is -1.61. The summed E-state index contributed by atoms with van der Waals surface area (Å²) in [5.74, 6) is 0.0890. The third-order valence-corrected chi connectivity index (χ3v) is 3.01. The van der Waals surface area contributed by atoms with Gasteiger partial charge < -0.3 is 9.64 Å². The molecule has 0 saturated carbocycles. The van der Waals surface area contributed by atoms with Gasteiger partial charge in [-0.1, -0.05) is 49.8 Å². The molecule has 96 valence electrons. The van der Waals surface area contributed by atoms with E-state index in [0.29, 0.717) is 0 Å². The summed E-state index contributed by atoms with van der Waals surface area (Å²) in [7, 11) is 0. The standard InChI is InChI=1S/C15H19NO2/c1-2-3-11-16-14(17)12-18-15(16)10-9-13-7-5-4-6-8-13/h4-10,15H,2-3,11-12H2,1H3/b10-9+. The maximum atomic E-state index is 11.7. The van der Waals surface area contributed by atoms with E-state index in [9.17, 15) is 4.79 Å². The van der Waals surface area contributed by atoms with E-state index < -0.39 is 0 Å². The number of benzene rings is 1. The van der Waals surface area contributed by atoms with Crippen LogP contribution in [0.5, 0.6) is 0 Å². The molecule has 1 aliphatic rings. The van der Waals surface area contributed by atoms with Gasteiger partial charge in [0.2, 0.25) is 0 Å². The highest BCUT2D eigenvalue weighted by Gasteiger charge is 2.28. The molecule has 1 amide bonds. The molecule has 3 nitrogen and oxygen atoms in total. The predicted octanol–water partition coefficient (Wildman–Crippen LogP) is 2.68. The minimum Gasteiger partial charge on any atom is -0.345 e. The highest BCUT2D eigenvalue weighted by Crippen LogP contribution is 2.15. The van der Waals surface area contributed by atoms with E-state index in [4.69, 9.17) is 4.74 Å². The van der Waals surface area contributed by atoms with Crippen molar-refractivity contribution < 1.29 is 9.53 Å². The highest BCUT2D eigenvalue weighted by atomic mass is 16.5. The second kappa shape index (κ2) is 6.36. The largest absolute Gasteiger partial charge is 0.345 e. The Morgan fingerprint density at radius 1 is 1.39 bits per heavy atom. The van der Waals surface area contributed by atoms with Crippen molar-refractivity contribution in [2.24, 2.45) is 0 Å². The number of carbonyl (C=O) groups excluding carboxylic acids is 1. The van der Waals surface area contributed by atoms with Gasteiger partial charge in [-0.25, -0.2) is 0 Å². The number of carbonyl (C=O) groups is 1. The average molecular weight is 245 g/mol. The Morgan fingerprint density at radius 3 is 2.89 bits per heavy atom. The van der Waals surface area contributed by atoms with Crippen molar-refractivity contribution in [2.45, 2.75) is 26.0 Å². The van der Waals surface area contributed by atoms with Crippen molar-refractivity contribution in [2.75, 3.05) is 13.2 Å². The fourth-order valence-electron chi connectivity index (χ4n) is 1.97. The molecule has 1 aromatic rings. The summed E-state index contributed by atoms with van der Waals surface area (Å²) in [4.78, 5) is 13.5. The zero-order valence-electron chi connectivity index (χ0n) is 10.7. The van der Waals surface area contributed by atoms with Gasteiger partial charge in [0.1, 0.15) is 6.61 Å². The lowest BCUT2D eigenvalue weighted by molar-refractivity contribution is -0.127. The lowest BCUT2D eigenvalue weighted by Crippen LogP contribution is -2.33. The average Bonchev–Trinajstić information content (AvgIpc) is 2.76. The SMILES string of the molecule is CCCCN1C(=O)COC1/C=C/c1ccccc1. The zero-order valence-corrected chi connectivity index (χ0v) is 10.7. The molecule has 1 atom stereocenters. The summed E-state index contributed by atoms with van der Waals surface area (Å²) in [6.45, 7) is 3.10. The number of hydrogen-bond acceptors (Lipinski definition) is 2. The Bertz CT molecular complexity index is 414. The first-order valence-electron chi connectivity index (χ1n) is 6.45. The van der Waals surface area contributed by atoms with E-state index in [1.165, 1.54) is 0 Å². The topological polar surface area (TPSA) is 29.5 Å². The van der Waals surface area contributed by atoms with E-state index >= 15 is 0 Å². The molecule has 18 heavy (non-hydrogen) atoms. The Balaban J connectivity index is 1.99. The van der Waals surface area contributed by atoms with Crippen molar-refractivity contribution in [3.05, 3.63) is 42.0 Å². The van der Waals surface area contributed by atoms with Gasteiger partial charge in [0.05, 0.1) is 0 Å². The number of ether oxygens (including phenoxy) is 1. The maximum absolute atomic E-state index is 11.7. The molecule has 0 aliphatic carbocycles. The summed E-state index contributed by atoms with van der Waals surface area (Å²) in [5.41, 5.74) is 1.12. The number of amides is 1. The Morgan fingerprint density at radius 2 is 2.17 bits per heavy atom. The van der Waals surface area contributed by atoms with Gasteiger partial charge in [-0.15, -0.1) is 0 Å². The first kappa shape index (κ1) is 12.8. The highest BCUT2D eigenvalue weighted by molar-refractivity contribution is 5.79.